The van der Waals surface area contributed by atoms with Crippen molar-refractivity contribution in [3.05, 3.63) is 65.5 Å². The van der Waals surface area contributed by atoms with E-state index in [9.17, 15) is 9.90 Å². The van der Waals surface area contributed by atoms with Crippen LogP contribution >= 0.6 is 0 Å². The first-order valence-electron chi connectivity index (χ1n) is 6.65. The number of anilines is 1. The molecule has 0 saturated carbocycles. The number of pyridine rings is 1. The van der Waals surface area contributed by atoms with Gasteiger partial charge in [-0.05, 0) is 24.6 Å². The van der Waals surface area contributed by atoms with Gasteiger partial charge in [0.1, 0.15) is 5.65 Å². The summed E-state index contributed by atoms with van der Waals surface area (Å²) in [7, 11) is 0. The first-order valence-corrected chi connectivity index (χ1v) is 6.65. The number of aryl methyl sites for hydroxylation is 1. The Labute approximate surface area is 121 Å². The third-order valence-electron chi connectivity index (χ3n) is 3.27. The molecule has 0 spiro atoms. The SMILES string of the molecule is Cc1cccc(CNc2nc3ccccn3c2C(=O)O)c1. The van der Waals surface area contributed by atoms with Crippen molar-refractivity contribution in [2.24, 2.45) is 0 Å². The smallest absolute Gasteiger partial charge is 0.356 e. The Morgan fingerprint density at radius 1 is 1.29 bits per heavy atom. The number of fused-ring (bicyclic) bond motifs is 1. The van der Waals surface area contributed by atoms with E-state index in [-0.39, 0.29) is 5.69 Å². The van der Waals surface area contributed by atoms with E-state index in [1.807, 2.05) is 31.2 Å². The molecule has 21 heavy (non-hydrogen) atoms. The Bertz CT molecular complexity index is 808. The maximum atomic E-state index is 11.5. The quantitative estimate of drug-likeness (QED) is 0.771. The van der Waals surface area contributed by atoms with E-state index in [0.29, 0.717) is 18.0 Å². The first kappa shape index (κ1) is 13.2. The van der Waals surface area contributed by atoms with Gasteiger partial charge in [0.2, 0.25) is 0 Å². The number of nitrogens with zero attached hydrogens (tertiary/aromatic N) is 2. The largest absolute Gasteiger partial charge is 0.476 e. The number of aromatic carboxylic acids is 1. The molecule has 0 aliphatic heterocycles. The van der Waals surface area contributed by atoms with Crippen molar-refractivity contribution in [1.29, 1.82) is 0 Å². The van der Waals surface area contributed by atoms with Crippen molar-refractivity contribution < 1.29 is 9.90 Å². The average molecular weight is 281 g/mol. The lowest BCUT2D eigenvalue weighted by Gasteiger charge is -2.05. The van der Waals surface area contributed by atoms with Crippen LogP contribution in [0.3, 0.4) is 0 Å². The zero-order chi connectivity index (χ0) is 14.8. The number of carboxylic acid groups (broad SMARTS) is 1. The molecule has 1 aromatic carbocycles. The molecule has 0 aliphatic rings. The van der Waals surface area contributed by atoms with Crippen molar-refractivity contribution in [3.63, 3.8) is 0 Å². The Kier molecular flexibility index (Phi) is 3.31. The van der Waals surface area contributed by atoms with Gasteiger partial charge in [-0.2, -0.15) is 0 Å². The lowest BCUT2D eigenvalue weighted by atomic mass is 10.1. The molecule has 106 valence electrons. The van der Waals surface area contributed by atoms with Crippen molar-refractivity contribution in [1.82, 2.24) is 9.38 Å². The fourth-order valence-corrected chi connectivity index (χ4v) is 2.33. The molecule has 0 bridgehead atoms. The number of rotatable bonds is 4. The summed E-state index contributed by atoms with van der Waals surface area (Å²) in [5.74, 6) is -0.615. The zero-order valence-corrected chi connectivity index (χ0v) is 11.6. The molecule has 0 aliphatic carbocycles. The Morgan fingerprint density at radius 2 is 2.14 bits per heavy atom. The number of imidazole rings is 1. The Morgan fingerprint density at radius 3 is 2.90 bits per heavy atom. The number of hydrogen-bond acceptors (Lipinski definition) is 3. The molecule has 2 aromatic heterocycles. The summed E-state index contributed by atoms with van der Waals surface area (Å²) in [6.45, 7) is 2.56. The average Bonchev–Trinajstić information content (AvgIpc) is 2.83. The van der Waals surface area contributed by atoms with Crippen LogP contribution in [0.1, 0.15) is 21.6 Å². The van der Waals surface area contributed by atoms with Crippen LogP contribution in [0.25, 0.3) is 5.65 Å². The number of hydrogen-bond donors (Lipinski definition) is 2. The fourth-order valence-electron chi connectivity index (χ4n) is 2.33. The highest BCUT2D eigenvalue weighted by atomic mass is 16.4. The second-order valence-electron chi connectivity index (χ2n) is 4.89. The molecule has 0 fully saturated rings. The number of aromatic nitrogens is 2. The summed E-state index contributed by atoms with van der Waals surface area (Å²) >= 11 is 0. The van der Waals surface area contributed by atoms with E-state index < -0.39 is 5.97 Å². The minimum atomic E-state index is -1.000. The number of benzene rings is 1. The van der Waals surface area contributed by atoms with Crippen LogP contribution in [-0.2, 0) is 6.54 Å². The predicted octanol–water partition coefficient (Wildman–Crippen LogP) is 2.95. The summed E-state index contributed by atoms with van der Waals surface area (Å²) in [4.78, 5) is 15.8. The highest BCUT2D eigenvalue weighted by Gasteiger charge is 2.17. The minimum Gasteiger partial charge on any atom is -0.476 e. The summed E-state index contributed by atoms with van der Waals surface area (Å²) in [5, 5.41) is 12.5. The van der Waals surface area contributed by atoms with Crippen LogP contribution < -0.4 is 5.32 Å². The Balaban J connectivity index is 1.93. The maximum Gasteiger partial charge on any atom is 0.356 e. The van der Waals surface area contributed by atoms with Crippen LogP contribution in [-0.4, -0.2) is 20.5 Å². The molecule has 2 N–H and O–H groups in total. The van der Waals surface area contributed by atoms with Crippen LogP contribution in [0.2, 0.25) is 0 Å². The van der Waals surface area contributed by atoms with Gasteiger partial charge < -0.3 is 10.4 Å². The highest BCUT2D eigenvalue weighted by molar-refractivity contribution is 5.92. The summed E-state index contributed by atoms with van der Waals surface area (Å²) < 4.78 is 1.57. The van der Waals surface area contributed by atoms with E-state index in [1.54, 1.807) is 22.7 Å². The van der Waals surface area contributed by atoms with Gasteiger partial charge in [0, 0.05) is 12.7 Å². The van der Waals surface area contributed by atoms with Crippen LogP contribution in [0.15, 0.2) is 48.7 Å². The second kappa shape index (κ2) is 5.28. The third kappa shape index (κ3) is 2.58. The molecule has 5 heteroatoms. The van der Waals surface area contributed by atoms with E-state index in [1.165, 1.54) is 5.56 Å². The zero-order valence-electron chi connectivity index (χ0n) is 11.6. The molecule has 0 saturated heterocycles. The fraction of sp³-hybridized carbons (Fsp3) is 0.125. The summed E-state index contributed by atoms with van der Waals surface area (Å²) in [6.07, 6.45) is 1.70. The van der Waals surface area contributed by atoms with Gasteiger partial charge in [0.15, 0.2) is 11.5 Å². The minimum absolute atomic E-state index is 0.151. The highest BCUT2D eigenvalue weighted by Crippen LogP contribution is 2.18. The molecule has 5 nitrogen and oxygen atoms in total. The van der Waals surface area contributed by atoms with E-state index in [4.69, 9.17) is 0 Å². The molecule has 0 atom stereocenters. The van der Waals surface area contributed by atoms with Gasteiger partial charge in [-0.1, -0.05) is 35.9 Å². The normalized spacial score (nSPS) is 10.7. The lowest BCUT2D eigenvalue weighted by Crippen LogP contribution is -2.08. The van der Waals surface area contributed by atoms with Crippen molar-refractivity contribution in [2.75, 3.05) is 5.32 Å². The van der Waals surface area contributed by atoms with Gasteiger partial charge in [-0.3, -0.25) is 4.40 Å². The molecule has 0 unspecified atom stereocenters. The number of carbonyl (C=O) groups is 1. The van der Waals surface area contributed by atoms with Gasteiger partial charge >= 0.3 is 5.97 Å². The number of nitrogens with one attached hydrogen (secondary N) is 1. The molecular formula is C16H15N3O2. The van der Waals surface area contributed by atoms with E-state index in [0.717, 1.165) is 5.56 Å². The molecule has 2 heterocycles. The van der Waals surface area contributed by atoms with E-state index in [2.05, 4.69) is 16.4 Å². The molecule has 3 aromatic rings. The standard InChI is InChI=1S/C16H15N3O2/c1-11-5-4-6-12(9-11)10-17-15-14(16(20)21)19-8-3-2-7-13(19)18-15/h2-9,17H,10H2,1H3,(H,20,21). The Hall–Kier alpha value is -2.82. The molecular weight excluding hydrogens is 266 g/mol. The van der Waals surface area contributed by atoms with Gasteiger partial charge in [-0.25, -0.2) is 9.78 Å². The monoisotopic (exact) mass is 281 g/mol. The van der Waals surface area contributed by atoms with Crippen LogP contribution in [0.5, 0.6) is 0 Å². The first-order chi connectivity index (χ1) is 10.1. The van der Waals surface area contributed by atoms with Gasteiger partial charge in [0.05, 0.1) is 0 Å². The molecule has 3 rings (SSSR count). The number of carboxylic acids is 1. The van der Waals surface area contributed by atoms with E-state index >= 15 is 0 Å². The van der Waals surface area contributed by atoms with Crippen molar-refractivity contribution in [3.8, 4) is 0 Å². The van der Waals surface area contributed by atoms with Gasteiger partial charge in [-0.15, -0.1) is 0 Å². The second-order valence-corrected chi connectivity index (χ2v) is 4.89. The topological polar surface area (TPSA) is 66.6 Å². The molecule has 0 amide bonds. The lowest BCUT2D eigenvalue weighted by molar-refractivity contribution is 0.0690. The van der Waals surface area contributed by atoms with Crippen LogP contribution in [0.4, 0.5) is 5.82 Å². The third-order valence-corrected chi connectivity index (χ3v) is 3.27. The predicted molar refractivity (Wildman–Crippen MR) is 80.7 cm³/mol. The van der Waals surface area contributed by atoms with Gasteiger partial charge in [0.25, 0.3) is 0 Å². The molecule has 0 radical (unpaired) electrons. The van der Waals surface area contributed by atoms with Crippen LogP contribution in [0, 0.1) is 6.92 Å². The summed E-state index contributed by atoms with van der Waals surface area (Å²) in [5.41, 5.74) is 3.02. The summed E-state index contributed by atoms with van der Waals surface area (Å²) in [6, 6.07) is 13.5. The van der Waals surface area contributed by atoms with Crippen molar-refractivity contribution in [2.45, 2.75) is 13.5 Å². The van der Waals surface area contributed by atoms with Crippen molar-refractivity contribution >= 4 is 17.4 Å². The maximum absolute atomic E-state index is 11.5.